The van der Waals surface area contributed by atoms with Crippen LogP contribution in [0.25, 0.3) is 0 Å². The Hall–Kier alpha value is -1.66. The summed E-state index contributed by atoms with van der Waals surface area (Å²) in [6.07, 6.45) is 0.736. The molecule has 1 aromatic heterocycles. The third kappa shape index (κ3) is 2.94. The molecule has 6 heteroatoms. The number of nitrogens with zero attached hydrogens (tertiary/aromatic N) is 1. The van der Waals surface area contributed by atoms with E-state index in [4.69, 9.17) is 4.74 Å². The van der Waals surface area contributed by atoms with Crippen LogP contribution < -0.4 is 5.32 Å². The van der Waals surface area contributed by atoms with Crippen molar-refractivity contribution >= 4 is 21.8 Å². The maximum atomic E-state index is 12.4. The molecule has 0 fully saturated rings. The van der Waals surface area contributed by atoms with E-state index in [1.807, 2.05) is 38.1 Å². The van der Waals surface area contributed by atoms with Crippen LogP contribution in [-0.4, -0.2) is 22.2 Å². The first kappa shape index (κ1) is 15.2. The topological polar surface area (TPSA) is 67.0 Å². The zero-order valence-corrected chi connectivity index (χ0v) is 14.1. The molecule has 1 aliphatic heterocycles. The van der Waals surface area contributed by atoms with Gasteiger partial charge >= 0.3 is 0 Å². The number of nitrogens with one attached hydrogen (secondary N) is 2. The minimum absolute atomic E-state index is 0.0592. The van der Waals surface area contributed by atoms with E-state index < -0.39 is 0 Å². The highest BCUT2D eigenvalue weighted by molar-refractivity contribution is 9.10. The van der Waals surface area contributed by atoms with Crippen molar-refractivity contribution in [2.45, 2.75) is 39.0 Å². The highest BCUT2D eigenvalue weighted by Crippen LogP contribution is 2.30. The van der Waals surface area contributed by atoms with E-state index in [-0.39, 0.29) is 18.1 Å². The molecular formula is C16H18BrN3O2. The molecule has 3 rings (SSSR count). The van der Waals surface area contributed by atoms with Crippen molar-refractivity contribution in [3.8, 4) is 0 Å². The summed E-state index contributed by atoms with van der Waals surface area (Å²) in [6.45, 7) is 4.44. The van der Waals surface area contributed by atoms with Gasteiger partial charge in [0.15, 0.2) is 5.69 Å². The van der Waals surface area contributed by atoms with Crippen LogP contribution in [0.15, 0.2) is 28.7 Å². The van der Waals surface area contributed by atoms with Gasteiger partial charge in [-0.15, -0.1) is 0 Å². The molecule has 0 aliphatic carbocycles. The van der Waals surface area contributed by atoms with Crippen LogP contribution in [0.1, 0.15) is 47.3 Å². The van der Waals surface area contributed by atoms with Crippen LogP contribution in [0.5, 0.6) is 0 Å². The molecule has 0 unspecified atom stereocenters. The van der Waals surface area contributed by atoms with E-state index in [1.165, 1.54) is 0 Å². The van der Waals surface area contributed by atoms with E-state index in [0.717, 1.165) is 21.3 Å². The molecule has 2 aromatic rings. The number of rotatable bonds is 3. The minimum Gasteiger partial charge on any atom is -0.369 e. The zero-order valence-electron chi connectivity index (χ0n) is 12.5. The van der Waals surface area contributed by atoms with Gasteiger partial charge in [-0.3, -0.25) is 9.89 Å². The number of fused-ring (bicyclic) bond motifs is 1. The third-order valence-electron chi connectivity index (χ3n) is 3.85. The smallest absolute Gasteiger partial charge is 0.272 e. The molecule has 5 nitrogen and oxygen atoms in total. The molecular weight excluding hydrogens is 346 g/mol. The number of H-pyrrole nitrogens is 1. The second-order valence-electron chi connectivity index (χ2n) is 5.53. The van der Waals surface area contributed by atoms with Gasteiger partial charge in [0.25, 0.3) is 5.91 Å². The van der Waals surface area contributed by atoms with Gasteiger partial charge in [0.2, 0.25) is 0 Å². The Morgan fingerprint density at radius 1 is 1.45 bits per heavy atom. The molecule has 1 aliphatic rings. The standard InChI is InChI=1S/C16H18BrN3O2/c1-9-7-12-14(10(2)22-9)19-20-15(12)16(21)18-8-11-5-3-4-6-13(11)17/h3-6,9-10H,7-8H2,1-2H3,(H,18,21)(H,19,20)/t9-,10+/m1/s1. The molecule has 1 amide bonds. The van der Waals surface area contributed by atoms with Crippen LogP contribution >= 0.6 is 15.9 Å². The molecule has 0 radical (unpaired) electrons. The van der Waals surface area contributed by atoms with E-state index in [0.29, 0.717) is 18.7 Å². The molecule has 2 heterocycles. The lowest BCUT2D eigenvalue weighted by Crippen LogP contribution is -2.27. The summed E-state index contributed by atoms with van der Waals surface area (Å²) < 4.78 is 6.72. The number of carbonyl (C=O) groups excluding carboxylic acids is 1. The Labute approximate surface area is 137 Å². The Bertz CT molecular complexity index is 698. The van der Waals surface area contributed by atoms with E-state index in [1.54, 1.807) is 0 Å². The van der Waals surface area contributed by atoms with Gasteiger partial charge in [0.1, 0.15) is 0 Å². The van der Waals surface area contributed by atoms with Crippen LogP contribution in [0.4, 0.5) is 0 Å². The summed E-state index contributed by atoms with van der Waals surface area (Å²) in [5, 5.41) is 10.1. The number of amides is 1. The average molecular weight is 364 g/mol. The maximum Gasteiger partial charge on any atom is 0.272 e. The summed E-state index contributed by atoms with van der Waals surface area (Å²) >= 11 is 3.48. The van der Waals surface area contributed by atoms with Gasteiger partial charge in [-0.05, 0) is 25.5 Å². The first-order valence-corrected chi connectivity index (χ1v) is 8.09. The van der Waals surface area contributed by atoms with Gasteiger partial charge in [-0.25, -0.2) is 0 Å². The maximum absolute atomic E-state index is 12.4. The summed E-state index contributed by atoms with van der Waals surface area (Å²) in [4.78, 5) is 12.4. The second-order valence-corrected chi connectivity index (χ2v) is 6.39. The fourth-order valence-corrected chi connectivity index (χ4v) is 3.19. The Morgan fingerprint density at radius 3 is 3.00 bits per heavy atom. The van der Waals surface area contributed by atoms with Gasteiger partial charge in [-0.2, -0.15) is 5.10 Å². The summed E-state index contributed by atoms with van der Waals surface area (Å²) in [6, 6.07) is 7.83. The number of hydrogen-bond acceptors (Lipinski definition) is 3. The van der Waals surface area contributed by atoms with Crippen molar-refractivity contribution < 1.29 is 9.53 Å². The number of halogens is 1. The highest BCUT2D eigenvalue weighted by atomic mass is 79.9. The molecule has 0 saturated carbocycles. The van der Waals surface area contributed by atoms with Crippen molar-refractivity contribution in [3.63, 3.8) is 0 Å². The average Bonchev–Trinajstić information content (AvgIpc) is 2.90. The summed E-state index contributed by atoms with van der Waals surface area (Å²) in [5.41, 5.74) is 3.38. The minimum atomic E-state index is -0.158. The largest absolute Gasteiger partial charge is 0.369 e. The molecule has 2 N–H and O–H groups in total. The molecule has 0 spiro atoms. The van der Waals surface area contributed by atoms with Crippen LogP contribution in [0, 0.1) is 0 Å². The van der Waals surface area contributed by atoms with E-state index >= 15 is 0 Å². The monoisotopic (exact) mass is 363 g/mol. The predicted molar refractivity (Wildman–Crippen MR) is 86.6 cm³/mol. The molecule has 2 atom stereocenters. The number of benzene rings is 1. The number of aromatic nitrogens is 2. The Morgan fingerprint density at radius 2 is 2.23 bits per heavy atom. The fraction of sp³-hybridized carbons (Fsp3) is 0.375. The van der Waals surface area contributed by atoms with Gasteiger partial charge in [0, 0.05) is 23.0 Å². The predicted octanol–water partition coefficient (Wildman–Crippen LogP) is 3.12. The van der Waals surface area contributed by atoms with Crippen molar-refractivity contribution in [3.05, 3.63) is 51.3 Å². The summed E-state index contributed by atoms with van der Waals surface area (Å²) in [5.74, 6) is -0.158. The lowest BCUT2D eigenvalue weighted by atomic mass is 9.99. The third-order valence-corrected chi connectivity index (χ3v) is 4.62. The molecule has 0 bridgehead atoms. The lowest BCUT2D eigenvalue weighted by Gasteiger charge is -2.25. The number of aromatic amines is 1. The van der Waals surface area contributed by atoms with Crippen LogP contribution in [0.2, 0.25) is 0 Å². The second kappa shape index (κ2) is 6.22. The van der Waals surface area contributed by atoms with Crippen LogP contribution in [0.3, 0.4) is 0 Å². The first-order chi connectivity index (χ1) is 10.6. The molecule has 116 valence electrons. The van der Waals surface area contributed by atoms with E-state index in [2.05, 4.69) is 31.4 Å². The molecule has 1 aromatic carbocycles. The van der Waals surface area contributed by atoms with Gasteiger partial charge < -0.3 is 10.1 Å². The quantitative estimate of drug-likeness (QED) is 0.880. The Balaban J connectivity index is 1.75. The number of ether oxygens (including phenoxy) is 1. The van der Waals surface area contributed by atoms with Gasteiger partial charge in [-0.1, -0.05) is 34.1 Å². The van der Waals surface area contributed by atoms with Crippen LogP contribution in [-0.2, 0) is 17.7 Å². The van der Waals surface area contributed by atoms with Crippen molar-refractivity contribution in [1.29, 1.82) is 0 Å². The SMILES string of the molecule is C[C@@H]1Cc2c(C(=O)NCc3ccccc3Br)n[nH]c2[C@H](C)O1. The molecule has 0 saturated heterocycles. The first-order valence-electron chi connectivity index (χ1n) is 7.30. The Kier molecular flexibility index (Phi) is 4.31. The van der Waals surface area contributed by atoms with Gasteiger partial charge in [0.05, 0.1) is 17.9 Å². The fourth-order valence-electron chi connectivity index (χ4n) is 2.76. The summed E-state index contributed by atoms with van der Waals surface area (Å²) in [7, 11) is 0. The normalized spacial score (nSPS) is 20.5. The zero-order chi connectivity index (χ0) is 15.7. The van der Waals surface area contributed by atoms with Crippen molar-refractivity contribution in [2.75, 3.05) is 0 Å². The van der Waals surface area contributed by atoms with Crippen molar-refractivity contribution in [2.24, 2.45) is 0 Å². The highest BCUT2D eigenvalue weighted by Gasteiger charge is 2.29. The number of carbonyl (C=O) groups is 1. The number of hydrogen-bond donors (Lipinski definition) is 2. The molecule has 22 heavy (non-hydrogen) atoms. The van der Waals surface area contributed by atoms with Crippen molar-refractivity contribution in [1.82, 2.24) is 15.5 Å². The van der Waals surface area contributed by atoms with E-state index in [9.17, 15) is 4.79 Å². The lowest BCUT2D eigenvalue weighted by molar-refractivity contribution is -0.00697.